The molecule has 11 rings (SSSR count). The van der Waals surface area contributed by atoms with Gasteiger partial charge in [0.15, 0.2) is 0 Å². The summed E-state index contributed by atoms with van der Waals surface area (Å²) in [6.45, 7) is 13.2. The molecular formula is C62H53Cl2SiZr-3. The number of aryl methyl sites for hydroxylation is 6. The van der Waals surface area contributed by atoms with Gasteiger partial charge in [0, 0.05) is 0 Å². The van der Waals surface area contributed by atoms with Crippen molar-refractivity contribution in [3.8, 4) is 55.6 Å². The Hall–Kier alpha value is -5.34. The van der Waals surface area contributed by atoms with Crippen LogP contribution in [0.4, 0.5) is 0 Å². The number of hydrogen-bond acceptors (Lipinski definition) is 0. The van der Waals surface area contributed by atoms with Gasteiger partial charge in [-0.05, 0) is 73.9 Å². The van der Waals surface area contributed by atoms with E-state index < -0.39 is 20.8 Å². The van der Waals surface area contributed by atoms with Gasteiger partial charge in [0.2, 0.25) is 0 Å². The molecule has 4 heteroatoms. The Kier molecular flexibility index (Phi) is 15.7. The summed E-state index contributed by atoms with van der Waals surface area (Å²) in [5.74, 6) is 0. The molecule has 0 unspecified atom stereocenters. The molecule has 0 aromatic heterocycles. The zero-order chi connectivity index (χ0) is 46.2. The summed E-state index contributed by atoms with van der Waals surface area (Å²) in [4.78, 5) is 0. The van der Waals surface area contributed by atoms with Gasteiger partial charge in [-0.1, -0.05) is 191 Å². The number of benzene rings is 8. The first-order valence-corrected chi connectivity index (χ1v) is 30.1. The average Bonchev–Trinajstić information content (AvgIpc) is 4.07. The van der Waals surface area contributed by atoms with Crippen LogP contribution in [-0.4, -0.2) is 9.52 Å². The van der Waals surface area contributed by atoms with Crippen LogP contribution in [0.3, 0.4) is 0 Å². The standard InChI is InChI=1S/2C25H23.C12H7Si.2ClH.Zr/c2*1-4-19-15-21-10-11-23(20-8-6-5-7-9-20)25(24(21)16-19)22-13-17(2)12-18(3)14-22;1-3-7-11-9(5-1)10-6-2-4-8-12(10)13-11;;;/h2*5-16H,4H2,1-3H3;1-7H;2*1H;/q3*-1;;;+2/p-2. The topological polar surface area (TPSA) is 0 Å². The number of fused-ring (bicyclic) bond motifs is 5. The van der Waals surface area contributed by atoms with E-state index in [4.69, 9.17) is 17.0 Å². The quantitative estimate of drug-likeness (QED) is 0.115. The molecule has 2 radical (unpaired) electrons. The van der Waals surface area contributed by atoms with Crippen LogP contribution < -0.4 is 10.4 Å². The van der Waals surface area contributed by atoms with Gasteiger partial charge in [-0.25, -0.2) is 0 Å². The summed E-state index contributed by atoms with van der Waals surface area (Å²) >= 11 is -0.826. The van der Waals surface area contributed by atoms with Crippen LogP contribution in [0.1, 0.15) is 47.2 Å². The summed E-state index contributed by atoms with van der Waals surface area (Å²) in [5, 5.41) is 8.23. The third-order valence-electron chi connectivity index (χ3n) is 12.2. The summed E-state index contributed by atoms with van der Waals surface area (Å²) in [6.07, 6.45) is 2.14. The molecule has 326 valence electrons. The molecule has 10 aromatic carbocycles. The smallest absolute Gasteiger partial charge is 0.0920 e. The minimum atomic E-state index is -0.826. The molecule has 0 spiro atoms. The minimum absolute atomic E-state index is 0.795. The SMILES string of the molecule is CCc1cc2c(-c3cc(C)cc(C)c3)c(-c3ccccc3)ccc2[cH-]1.CCc1cc2c(-c3cc(C)cc(C)c3)c(-c3ccccc3)ccc2[cH-]1.[Cl][Zr][Cl].[c-]1cccc2c1[Si]c1ccccc1-2. The number of halogens is 2. The molecule has 0 aliphatic carbocycles. The second-order valence-corrected chi connectivity index (χ2v) is 22.1. The molecule has 0 N–H and O–H groups in total. The second kappa shape index (κ2) is 22.0. The van der Waals surface area contributed by atoms with Crippen LogP contribution in [0.15, 0.2) is 188 Å². The van der Waals surface area contributed by atoms with Crippen molar-refractivity contribution in [1.29, 1.82) is 0 Å². The van der Waals surface area contributed by atoms with Gasteiger partial charge in [0.1, 0.15) is 0 Å². The van der Waals surface area contributed by atoms with E-state index in [0.29, 0.717) is 0 Å². The summed E-state index contributed by atoms with van der Waals surface area (Å²) in [5.41, 5.74) is 21.4. The van der Waals surface area contributed by atoms with Crippen molar-refractivity contribution >= 4 is 58.5 Å². The molecule has 66 heavy (non-hydrogen) atoms. The van der Waals surface area contributed by atoms with Crippen molar-refractivity contribution in [2.75, 3.05) is 0 Å². The molecule has 0 saturated heterocycles. The Balaban J connectivity index is 0.000000136. The first kappa shape index (κ1) is 47.2. The maximum atomic E-state index is 4.93. The van der Waals surface area contributed by atoms with E-state index in [0.717, 1.165) is 22.4 Å². The van der Waals surface area contributed by atoms with E-state index in [1.165, 1.54) is 121 Å². The molecule has 10 aromatic rings. The molecule has 0 bridgehead atoms. The zero-order valence-electron chi connectivity index (χ0n) is 38.6. The monoisotopic (exact) mass is 985 g/mol. The van der Waals surface area contributed by atoms with E-state index in [9.17, 15) is 0 Å². The van der Waals surface area contributed by atoms with E-state index in [1.807, 2.05) is 6.07 Å². The average molecular weight is 988 g/mol. The first-order chi connectivity index (χ1) is 32.2. The Morgan fingerprint density at radius 2 is 0.879 bits per heavy atom. The Morgan fingerprint density at radius 1 is 0.455 bits per heavy atom. The maximum absolute atomic E-state index is 4.93. The predicted molar refractivity (Wildman–Crippen MR) is 286 cm³/mol. The Bertz CT molecular complexity index is 2970. The Morgan fingerprint density at radius 3 is 1.33 bits per heavy atom. The summed E-state index contributed by atoms with van der Waals surface area (Å²) < 4.78 is 0. The molecule has 0 atom stereocenters. The van der Waals surface area contributed by atoms with Crippen molar-refractivity contribution < 1.29 is 20.8 Å². The molecule has 0 nitrogen and oxygen atoms in total. The van der Waals surface area contributed by atoms with Crippen LogP contribution in [0, 0.1) is 33.8 Å². The van der Waals surface area contributed by atoms with Gasteiger partial charge in [0.05, 0.1) is 9.52 Å². The predicted octanol–water partition coefficient (Wildman–Crippen LogP) is 16.6. The maximum Gasteiger partial charge on any atom is 0.0920 e. The van der Waals surface area contributed by atoms with E-state index in [2.05, 4.69) is 230 Å². The second-order valence-electron chi connectivity index (χ2n) is 17.1. The van der Waals surface area contributed by atoms with Gasteiger partial charge in [-0.3, -0.25) is 0 Å². The van der Waals surface area contributed by atoms with Gasteiger partial charge in [-0.15, -0.1) is 62.5 Å². The van der Waals surface area contributed by atoms with E-state index in [1.54, 1.807) is 0 Å². The van der Waals surface area contributed by atoms with Gasteiger partial charge >= 0.3 is 37.9 Å². The third-order valence-corrected chi connectivity index (χ3v) is 13.6. The van der Waals surface area contributed by atoms with Crippen molar-refractivity contribution in [3.63, 3.8) is 0 Å². The third kappa shape index (κ3) is 10.8. The molecule has 1 aliphatic rings. The fourth-order valence-corrected chi connectivity index (χ4v) is 10.7. The molecule has 0 amide bonds. The van der Waals surface area contributed by atoms with Crippen molar-refractivity contribution in [3.05, 3.63) is 228 Å². The van der Waals surface area contributed by atoms with Crippen molar-refractivity contribution in [2.45, 2.75) is 54.4 Å². The zero-order valence-corrected chi connectivity index (χ0v) is 43.5. The van der Waals surface area contributed by atoms with Gasteiger partial charge < -0.3 is 0 Å². The number of hydrogen-bond donors (Lipinski definition) is 0. The minimum Gasteiger partial charge on any atom is -0.184 e. The van der Waals surface area contributed by atoms with Crippen LogP contribution in [0.25, 0.3) is 77.2 Å². The first-order valence-electron chi connectivity index (χ1n) is 22.7. The van der Waals surface area contributed by atoms with Crippen LogP contribution in [0.2, 0.25) is 0 Å². The van der Waals surface area contributed by atoms with Gasteiger partial charge in [-0.2, -0.15) is 41.6 Å². The van der Waals surface area contributed by atoms with Crippen LogP contribution in [0.5, 0.6) is 0 Å². The molecule has 0 fully saturated rings. The summed E-state index contributed by atoms with van der Waals surface area (Å²) in [7, 11) is 10.7. The fraction of sp³-hybridized carbons (Fsp3) is 0.129. The molecule has 1 heterocycles. The van der Waals surface area contributed by atoms with E-state index in [-0.39, 0.29) is 0 Å². The normalized spacial score (nSPS) is 11.1. The fourth-order valence-electron chi connectivity index (χ4n) is 9.40. The van der Waals surface area contributed by atoms with Crippen LogP contribution in [-0.2, 0) is 33.7 Å². The summed E-state index contributed by atoms with van der Waals surface area (Å²) in [6, 6.07) is 71.9. The molecule has 0 saturated carbocycles. The largest absolute Gasteiger partial charge is 0.184 e. The van der Waals surface area contributed by atoms with Gasteiger partial charge in [0.25, 0.3) is 0 Å². The molecule has 1 aliphatic heterocycles. The Labute approximate surface area is 413 Å². The molecular weight excluding hydrogens is 935 g/mol. The van der Waals surface area contributed by atoms with E-state index >= 15 is 0 Å². The van der Waals surface area contributed by atoms with Crippen molar-refractivity contribution in [2.24, 2.45) is 0 Å². The van der Waals surface area contributed by atoms with Crippen LogP contribution >= 0.6 is 17.0 Å². The number of rotatable bonds is 6. The van der Waals surface area contributed by atoms with Crippen molar-refractivity contribution in [1.82, 2.24) is 0 Å².